The Morgan fingerprint density at radius 1 is 1.38 bits per heavy atom. The maximum atomic E-state index is 11.9. The highest BCUT2D eigenvalue weighted by atomic mass is 16.1. The largest absolute Gasteiger partial charge is 0.349 e. The van der Waals surface area contributed by atoms with Gasteiger partial charge in [0.25, 0.3) is 5.91 Å². The summed E-state index contributed by atoms with van der Waals surface area (Å²) in [7, 11) is 2.12. The first kappa shape index (κ1) is 11.1. The van der Waals surface area contributed by atoms with Crippen molar-refractivity contribution in [3.8, 4) is 0 Å². The van der Waals surface area contributed by atoms with Gasteiger partial charge >= 0.3 is 0 Å². The Kier molecular flexibility index (Phi) is 3.57. The van der Waals surface area contributed by atoms with E-state index >= 15 is 0 Å². The Bertz CT molecular complexity index is 342. The molecule has 1 amide bonds. The molecule has 0 aliphatic carbocycles. The number of piperidine rings is 1. The minimum Gasteiger partial charge on any atom is -0.349 e. The summed E-state index contributed by atoms with van der Waals surface area (Å²) in [6, 6.07) is 10.4. The van der Waals surface area contributed by atoms with Crippen molar-refractivity contribution >= 4 is 5.91 Å². The third kappa shape index (κ3) is 2.83. The standard InChI is InChI=1S/C13H17N2O/c1-15-9-7-12(8-10-15)14-13(16)11-5-3-2-4-6-11/h3-6,12H,7-10H2,1H3,(H,14,16). The quantitative estimate of drug-likeness (QED) is 0.810. The third-order valence-corrected chi connectivity index (χ3v) is 3.03. The summed E-state index contributed by atoms with van der Waals surface area (Å²) in [5.74, 6) is 0.0311. The van der Waals surface area contributed by atoms with Crippen LogP contribution in [0.3, 0.4) is 0 Å². The first-order valence-corrected chi connectivity index (χ1v) is 5.71. The van der Waals surface area contributed by atoms with Crippen molar-refractivity contribution in [3.63, 3.8) is 0 Å². The van der Waals surface area contributed by atoms with Gasteiger partial charge in [0.1, 0.15) is 0 Å². The Morgan fingerprint density at radius 2 is 2.00 bits per heavy atom. The normalized spacial score (nSPS) is 18.3. The lowest BCUT2D eigenvalue weighted by molar-refractivity contribution is 0.0917. The number of likely N-dealkylation sites (tertiary alicyclic amines) is 1. The fourth-order valence-corrected chi connectivity index (χ4v) is 1.96. The minimum absolute atomic E-state index is 0.0311. The third-order valence-electron chi connectivity index (χ3n) is 3.03. The van der Waals surface area contributed by atoms with E-state index in [9.17, 15) is 4.79 Å². The van der Waals surface area contributed by atoms with E-state index in [-0.39, 0.29) is 5.91 Å². The van der Waals surface area contributed by atoms with Gasteiger partial charge in [0, 0.05) is 11.6 Å². The highest BCUT2D eigenvalue weighted by molar-refractivity contribution is 5.94. The summed E-state index contributed by atoms with van der Waals surface area (Å²) in [5.41, 5.74) is 0.720. The molecule has 2 rings (SSSR count). The molecule has 1 aromatic carbocycles. The molecule has 1 fully saturated rings. The molecule has 1 aliphatic rings. The summed E-state index contributed by atoms with van der Waals surface area (Å²) < 4.78 is 0. The van der Waals surface area contributed by atoms with Crippen LogP contribution < -0.4 is 5.32 Å². The zero-order valence-corrected chi connectivity index (χ0v) is 9.57. The molecule has 1 saturated heterocycles. The van der Waals surface area contributed by atoms with Gasteiger partial charge in [-0.25, -0.2) is 0 Å². The van der Waals surface area contributed by atoms with Gasteiger partial charge in [-0.05, 0) is 51.2 Å². The molecule has 0 saturated carbocycles. The molecule has 3 nitrogen and oxygen atoms in total. The van der Waals surface area contributed by atoms with E-state index in [1.165, 1.54) is 0 Å². The van der Waals surface area contributed by atoms with Gasteiger partial charge in [0.05, 0.1) is 0 Å². The Hall–Kier alpha value is -1.35. The molecule has 0 atom stereocenters. The number of amides is 1. The lowest BCUT2D eigenvalue weighted by atomic mass is 10.0. The molecule has 1 heterocycles. The second kappa shape index (κ2) is 5.12. The van der Waals surface area contributed by atoms with Crippen molar-refractivity contribution in [1.82, 2.24) is 10.2 Å². The van der Waals surface area contributed by atoms with Crippen LogP contribution in [-0.2, 0) is 0 Å². The first-order chi connectivity index (χ1) is 7.75. The highest BCUT2D eigenvalue weighted by Gasteiger charge is 2.18. The summed E-state index contributed by atoms with van der Waals surface area (Å²) in [6.45, 7) is 2.13. The van der Waals surface area contributed by atoms with E-state index in [1.54, 1.807) is 24.3 Å². The molecule has 0 aromatic heterocycles. The molecular weight excluding hydrogens is 200 g/mol. The zero-order chi connectivity index (χ0) is 11.4. The van der Waals surface area contributed by atoms with Crippen molar-refractivity contribution in [2.24, 2.45) is 0 Å². The van der Waals surface area contributed by atoms with Crippen LogP contribution >= 0.6 is 0 Å². The van der Waals surface area contributed by atoms with E-state index in [1.807, 2.05) is 0 Å². The van der Waals surface area contributed by atoms with Crippen LogP contribution in [-0.4, -0.2) is 37.0 Å². The summed E-state index contributed by atoms with van der Waals surface area (Å²) >= 11 is 0. The molecule has 16 heavy (non-hydrogen) atoms. The van der Waals surface area contributed by atoms with Crippen LogP contribution in [0.2, 0.25) is 0 Å². The average Bonchev–Trinajstić information content (AvgIpc) is 2.33. The van der Waals surface area contributed by atoms with Crippen LogP contribution in [0.1, 0.15) is 23.2 Å². The molecule has 85 valence electrons. The number of rotatable bonds is 2. The molecule has 3 heteroatoms. The van der Waals surface area contributed by atoms with Crippen molar-refractivity contribution in [1.29, 1.82) is 0 Å². The van der Waals surface area contributed by atoms with Gasteiger partial charge < -0.3 is 10.2 Å². The van der Waals surface area contributed by atoms with E-state index in [0.29, 0.717) is 6.04 Å². The van der Waals surface area contributed by atoms with Crippen molar-refractivity contribution in [2.75, 3.05) is 20.1 Å². The fraction of sp³-hybridized carbons (Fsp3) is 0.462. The maximum absolute atomic E-state index is 11.9. The summed E-state index contributed by atoms with van der Waals surface area (Å²) in [5, 5.41) is 3.08. The number of carbonyl (C=O) groups excluding carboxylic acids is 1. The van der Waals surface area contributed by atoms with Crippen LogP contribution in [0.4, 0.5) is 0 Å². The predicted molar refractivity (Wildman–Crippen MR) is 63.3 cm³/mol. The van der Waals surface area contributed by atoms with Crippen molar-refractivity contribution < 1.29 is 4.79 Å². The van der Waals surface area contributed by atoms with Crippen LogP contribution in [0.25, 0.3) is 0 Å². The van der Waals surface area contributed by atoms with Crippen LogP contribution in [0.5, 0.6) is 0 Å². The van der Waals surface area contributed by atoms with Crippen LogP contribution in [0, 0.1) is 6.07 Å². The van der Waals surface area contributed by atoms with E-state index in [4.69, 9.17) is 0 Å². The van der Waals surface area contributed by atoms with Crippen molar-refractivity contribution in [2.45, 2.75) is 18.9 Å². The lowest BCUT2D eigenvalue weighted by Crippen LogP contribution is -2.43. The Labute approximate surface area is 96.5 Å². The number of hydrogen-bond donors (Lipinski definition) is 1. The average molecular weight is 217 g/mol. The lowest BCUT2D eigenvalue weighted by Gasteiger charge is -2.29. The number of carbonyl (C=O) groups is 1. The van der Waals surface area contributed by atoms with E-state index in [2.05, 4.69) is 23.3 Å². The Morgan fingerprint density at radius 3 is 2.62 bits per heavy atom. The molecule has 1 aliphatic heterocycles. The molecule has 1 radical (unpaired) electrons. The number of nitrogens with zero attached hydrogens (tertiary/aromatic N) is 1. The number of nitrogens with one attached hydrogen (secondary N) is 1. The van der Waals surface area contributed by atoms with Gasteiger partial charge in [-0.3, -0.25) is 4.79 Å². The minimum atomic E-state index is 0.0311. The SMILES string of the molecule is CN1CCC(NC(=O)c2cc[c]cc2)CC1. The van der Waals surface area contributed by atoms with E-state index < -0.39 is 0 Å². The second-order valence-electron chi connectivity index (χ2n) is 4.34. The van der Waals surface area contributed by atoms with Gasteiger partial charge in [0.15, 0.2) is 0 Å². The first-order valence-electron chi connectivity index (χ1n) is 5.71. The number of benzene rings is 1. The van der Waals surface area contributed by atoms with Gasteiger partial charge in [-0.2, -0.15) is 0 Å². The van der Waals surface area contributed by atoms with Crippen molar-refractivity contribution in [3.05, 3.63) is 35.9 Å². The fourth-order valence-electron chi connectivity index (χ4n) is 1.96. The van der Waals surface area contributed by atoms with E-state index in [0.717, 1.165) is 31.5 Å². The second-order valence-corrected chi connectivity index (χ2v) is 4.34. The summed E-state index contributed by atoms with van der Waals surface area (Å²) in [4.78, 5) is 14.1. The number of hydrogen-bond acceptors (Lipinski definition) is 2. The van der Waals surface area contributed by atoms with Gasteiger partial charge in [-0.15, -0.1) is 0 Å². The molecule has 1 aromatic rings. The molecule has 0 unspecified atom stereocenters. The molecule has 1 N–H and O–H groups in total. The Balaban J connectivity index is 1.88. The topological polar surface area (TPSA) is 32.3 Å². The monoisotopic (exact) mass is 217 g/mol. The zero-order valence-electron chi connectivity index (χ0n) is 9.57. The molecular formula is C13H17N2O. The smallest absolute Gasteiger partial charge is 0.251 e. The highest BCUT2D eigenvalue weighted by Crippen LogP contribution is 2.09. The van der Waals surface area contributed by atoms with Gasteiger partial charge in [-0.1, -0.05) is 12.1 Å². The molecule has 0 bridgehead atoms. The maximum Gasteiger partial charge on any atom is 0.251 e. The van der Waals surface area contributed by atoms with Gasteiger partial charge in [0.2, 0.25) is 0 Å². The van der Waals surface area contributed by atoms with Crippen LogP contribution in [0.15, 0.2) is 24.3 Å². The predicted octanol–water partition coefficient (Wildman–Crippen LogP) is 1.31. The summed E-state index contributed by atoms with van der Waals surface area (Å²) in [6.07, 6.45) is 2.09. The molecule has 0 spiro atoms.